The number of rotatable bonds is 1. The highest BCUT2D eigenvalue weighted by Crippen LogP contribution is 2.41. The second kappa shape index (κ2) is 3.30. The van der Waals surface area contributed by atoms with Crippen LogP contribution in [0, 0.1) is 0 Å². The Morgan fingerprint density at radius 2 is 2.13 bits per heavy atom. The number of nitrogens with two attached hydrogens (primary N) is 1. The van der Waals surface area contributed by atoms with Crippen molar-refractivity contribution in [2.24, 2.45) is 5.73 Å². The number of hydrogen-bond acceptors (Lipinski definition) is 3. The summed E-state index contributed by atoms with van der Waals surface area (Å²) in [5, 5.41) is 0. The van der Waals surface area contributed by atoms with Crippen molar-refractivity contribution in [3.8, 4) is 11.5 Å². The Labute approximate surface area is 83.6 Å². The molecule has 1 atom stereocenters. The van der Waals surface area contributed by atoms with Gasteiger partial charge in [-0.15, -0.1) is 13.2 Å². The lowest BCUT2D eigenvalue weighted by atomic mass is 10.1. The number of halogens is 3. The molecule has 3 nitrogen and oxygen atoms in total. The highest BCUT2D eigenvalue weighted by atomic mass is 19.4. The lowest BCUT2D eigenvalue weighted by Gasteiger charge is -2.11. The van der Waals surface area contributed by atoms with E-state index in [1.54, 1.807) is 6.07 Å². The molecule has 2 rings (SSSR count). The van der Waals surface area contributed by atoms with Crippen molar-refractivity contribution in [2.45, 2.75) is 12.4 Å². The average molecular weight is 219 g/mol. The van der Waals surface area contributed by atoms with Gasteiger partial charge in [-0.05, 0) is 6.07 Å². The van der Waals surface area contributed by atoms with Gasteiger partial charge in [0.2, 0.25) is 0 Å². The summed E-state index contributed by atoms with van der Waals surface area (Å²) in [7, 11) is 0. The highest BCUT2D eigenvalue weighted by molar-refractivity contribution is 5.50. The van der Waals surface area contributed by atoms with Gasteiger partial charge in [-0.2, -0.15) is 0 Å². The molecule has 0 aromatic heterocycles. The van der Waals surface area contributed by atoms with Crippen molar-refractivity contribution in [1.82, 2.24) is 0 Å². The molecule has 6 heteroatoms. The lowest BCUT2D eigenvalue weighted by molar-refractivity contribution is -0.275. The molecular formula is C9H8F3NO2. The monoisotopic (exact) mass is 219 g/mol. The summed E-state index contributed by atoms with van der Waals surface area (Å²) in [4.78, 5) is 0. The lowest BCUT2D eigenvalue weighted by Crippen LogP contribution is -2.17. The van der Waals surface area contributed by atoms with E-state index in [0.29, 0.717) is 5.56 Å². The van der Waals surface area contributed by atoms with E-state index >= 15 is 0 Å². The number of fused-ring (bicyclic) bond motifs is 1. The van der Waals surface area contributed by atoms with E-state index in [1.165, 1.54) is 12.1 Å². The summed E-state index contributed by atoms with van der Waals surface area (Å²) < 4.78 is 44.8. The fourth-order valence-electron chi connectivity index (χ4n) is 1.45. The van der Waals surface area contributed by atoms with Crippen LogP contribution in [0.15, 0.2) is 18.2 Å². The maximum absolute atomic E-state index is 12.0. The molecule has 1 heterocycles. The minimum Gasteiger partial charge on any atom is -0.487 e. The molecule has 0 saturated heterocycles. The van der Waals surface area contributed by atoms with Gasteiger partial charge in [0, 0.05) is 5.56 Å². The van der Waals surface area contributed by atoms with Crippen LogP contribution in [0.4, 0.5) is 13.2 Å². The Morgan fingerprint density at radius 3 is 2.80 bits per heavy atom. The molecule has 0 spiro atoms. The van der Waals surface area contributed by atoms with Crippen molar-refractivity contribution in [3.63, 3.8) is 0 Å². The van der Waals surface area contributed by atoms with Crippen molar-refractivity contribution in [3.05, 3.63) is 23.8 Å². The van der Waals surface area contributed by atoms with E-state index in [4.69, 9.17) is 10.5 Å². The second-order valence-corrected chi connectivity index (χ2v) is 3.14. The Hall–Kier alpha value is -1.43. The van der Waals surface area contributed by atoms with E-state index in [9.17, 15) is 13.2 Å². The van der Waals surface area contributed by atoms with E-state index < -0.39 is 12.4 Å². The van der Waals surface area contributed by atoms with Gasteiger partial charge >= 0.3 is 6.36 Å². The van der Waals surface area contributed by atoms with Crippen LogP contribution in [0.25, 0.3) is 0 Å². The van der Waals surface area contributed by atoms with Crippen LogP contribution in [0.3, 0.4) is 0 Å². The molecule has 2 N–H and O–H groups in total. The highest BCUT2D eigenvalue weighted by Gasteiger charge is 2.34. The molecule has 0 bridgehead atoms. The van der Waals surface area contributed by atoms with Crippen molar-refractivity contribution >= 4 is 0 Å². The van der Waals surface area contributed by atoms with Crippen LogP contribution in [0.1, 0.15) is 11.6 Å². The Morgan fingerprint density at radius 1 is 1.40 bits per heavy atom. The molecule has 0 aliphatic carbocycles. The maximum atomic E-state index is 12.0. The first kappa shape index (κ1) is 10.1. The quantitative estimate of drug-likeness (QED) is 0.785. The molecule has 1 aliphatic rings. The third kappa shape index (κ3) is 1.99. The topological polar surface area (TPSA) is 44.5 Å². The summed E-state index contributed by atoms with van der Waals surface area (Å²) in [6, 6.07) is 3.88. The number of alkyl halides is 3. The number of hydrogen-bond donors (Lipinski definition) is 1. The first-order valence-corrected chi connectivity index (χ1v) is 4.24. The summed E-state index contributed by atoms with van der Waals surface area (Å²) >= 11 is 0. The van der Waals surface area contributed by atoms with Gasteiger partial charge in [0.15, 0.2) is 11.5 Å². The second-order valence-electron chi connectivity index (χ2n) is 3.14. The van der Waals surface area contributed by atoms with Crippen LogP contribution in [-0.4, -0.2) is 13.0 Å². The molecule has 1 unspecified atom stereocenters. The minimum absolute atomic E-state index is 0.0855. The van der Waals surface area contributed by atoms with Gasteiger partial charge in [0.1, 0.15) is 6.61 Å². The zero-order chi connectivity index (χ0) is 11.1. The molecule has 0 amide bonds. The number of benzene rings is 1. The van der Waals surface area contributed by atoms with Crippen LogP contribution in [0.5, 0.6) is 11.5 Å². The van der Waals surface area contributed by atoms with E-state index in [-0.39, 0.29) is 18.1 Å². The van der Waals surface area contributed by atoms with Crippen LogP contribution in [0.2, 0.25) is 0 Å². The van der Waals surface area contributed by atoms with E-state index in [2.05, 4.69) is 4.74 Å². The summed E-state index contributed by atoms with van der Waals surface area (Å²) in [6.07, 6.45) is -4.72. The molecule has 1 aromatic rings. The number of ether oxygens (including phenoxy) is 2. The van der Waals surface area contributed by atoms with Crippen LogP contribution in [-0.2, 0) is 0 Å². The van der Waals surface area contributed by atoms with Gasteiger partial charge < -0.3 is 15.2 Å². The molecule has 82 valence electrons. The Balaban J connectivity index is 2.34. The summed E-state index contributed by atoms with van der Waals surface area (Å²) in [6.45, 7) is 0.174. The molecular weight excluding hydrogens is 211 g/mol. The average Bonchev–Trinajstić information content (AvgIpc) is 2.47. The summed E-state index contributed by atoms with van der Waals surface area (Å²) in [5.74, 6) is -0.254. The van der Waals surface area contributed by atoms with Gasteiger partial charge in [0.25, 0.3) is 0 Å². The first-order chi connectivity index (χ1) is 6.97. The van der Waals surface area contributed by atoms with Gasteiger partial charge in [-0.25, -0.2) is 0 Å². The smallest absolute Gasteiger partial charge is 0.487 e. The predicted octanol–water partition coefficient (Wildman–Crippen LogP) is 1.98. The van der Waals surface area contributed by atoms with Crippen LogP contribution >= 0.6 is 0 Å². The van der Waals surface area contributed by atoms with Crippen molar-refractivity contribution in [2.75, 3.05) is 6.61 Å². The Bertz CT molecular complexity index is 378. The maximum Gasteiger partial charge on any atom is 0.573 e. The van der Waals surface area contributed by atoms with Crippen molar-refractivity contribution < 1.29 is 22.6 Å². The van der Waals surface area contributed by atoms with Gasteiger partial charge in [-0.3, -0.25) is 0 Å². The third-order valence-corrected chi connectivity index (χ3v) is 2.04. The zero-order valence-electron chi connectivity index (χ0n) is 7.54. The van der Waals surface area contributed by atoms with Gasteiger partial charge in [0.05, 0.1) is 6.04 Å². The van der Waals surface area contributed by atoms with E-state index in [1.807, 2.05) is 0 Å². The molecule has 1 aliphatic heterocycles. The Kier molecular flexibility index (Phi) is 2.22. The zero-order valence-corrected chi connectivity index (χ0v) is 7.54. The minimum atomic E-state index is -4.72. The molecule has 0 radical (unpaired) electrons. The first-order valence-electron chi connectivity index (χ1n) is 4.24. The normalized spacial score (nSPS) is 19.6. The molecule has 0 saturated carbocycles. The summed E-state index contributed by atoms with van der Waals surface area (Å²) in [5.41, 5.74) is 6.16. The molecule has 15 heavy (non-hydrogen) atoms. The SMILES string of the molecule is NC1COc2c(OC(F)(F)F)cccc21. The number of para-hydroxylation sites is 1. The fourth-order valence-corrected chi connectivity index (χ4v) is 1.45. The largest absolute Gasteiger partial charge is 0.573 e. The standard InChI is InChI=1S/C9H8F3NO2/c10-9(11,12)15-7-3-1-2-5-6(13)4-14-8(5)7/h1-3,6H,4,13H2. The van der Waals surface area contributed by atoms with E-state index in [0.717, 1.165) is 0 Å². The molecule has 1 aromatic carbocycles. The van der Waals surface area contributed by atoms with Crippen LogP contribution < -0.4 is 15.2 Å². The van der Waals surface area contributed by atoms with Crippen molar-refractivity contribution in [1.29, 1.82) is 0 Å². The third-order valence-electron chi connectivity index (χ3n) is 2.04. The van der Waals surface area contributed by atoms with Gasteiger partial charge in [-0.1, -0.05) is 12.1 Å². The molecule has 0 fully saturated rings. The predicted molar refractivity (Wildman–Crippen MR) is 45.5 cm³/mol. The fraction of sp³-hybridized carbons (Fsp3) is 0.333.